The van der Waals surface area contributed by atoms with Crippen molar-refractivity contribution < 1.29 is 28.9 Å². The summed E-state index contributed by atoms with van der Waals surface area (Å²) in [6.07, 6.45) is 3.79. The number of aliphatic carboxylic acids is 1. The number of carboxylic acid groups (broad SMARTS) is 1. The number of benzene rings is 1. The molecule has 2 N–H and O–H groups in total. The molecule has 0 aliphatic carbocycles. The third-order valence-corrected chi connectivity index (χ3v) is 7.04. The summed E-state index contributed by atoms with van der Waals surface area (Å²) in [7, 11) is 3.24. The van der Waals surface area contributed by atoms with E-state index in [-0.39, 0.29) is 43.6 Å². The lowest BCUT2D eigenvalue weighted by molar-refractivity contribution is -0.154. The largest absolute Gasteiger partial charge is 0.481 e. The first-order chi connectivity index (χ1) is 16.8. The highest BCUT2D eigenvalue weighted by Gasteiger charge is 2.57. The van der Waals surface area contributed by atoms with Crippen LogP contribution in [0.4, 0.5) is 0 Å². The van der Waals surface area contributed by atoms with Crippen LogP contribution in [-0.2, 0) is 20.9 Å². The maximum Gasteiger partial charge on any atom is 0.336 e. The van der Waals surface area contributed by atoms with Crippen LogP contribution in [0.3, 0.4) is 0 Å². The van der Waals surface area contributed by atoms with Crippen molar-refractivity contribution in [2.45, 2.75) is 38.8 Å². The minimum absolute atomic E-state index is 0. The number of fused-ring (bicyclic) bond motifs is 1. The summed E-state index contributed by atoms with van der Waals surface area (Å²) >= 11 is 0. The fourth-order valence-electron chi connectivity index (χ4n) is 5.28. The number of carboxylic acids is 1. The van der Waals surface area contributed by atoms with Crippen molar-refractivity contribution in [2.75, 3.05) is 27.5 Å². The Hall–Kier alpha value is -3.01. The van der Waals surface area contributed by atoms with E-state index in [4.69, 9.17) is 14.2 Å². The molecule has 0 spiro atoms. The van der Waals surface area contributed by atoms with Gasteiger partial charge in [0.1, 0.15) is 5.41 Å². The molecule has 11 heteroatoms. The highest BCUT2D eigenvalue weighted by molar-refractivity contribution is 5.94. The van der Waals surface area contributed by atoms with Gasteiger partial charge in [0.15, 0.2) is 11.5 Å². The van der Waals surface area contributed by atoms with Crippen LogP contribution in [0.1, 0.15) is 37.3 Å². The SMILES string of the molecule is COC(=O)C1=C(C)NC(C)C(CCN(C)Cc2cccnc2)(C(=O)O)C1c1cccc2c1OCO2.Cl.Cl. The zero-order valence-corrected chi connectivity index (χ0v) is 22.9. The average molecular weight is 554 g/mol. The molecule has 0 radical (unpaired) electrons. The molecule has 202 valence electrons. The van der Waals surface area contributed by atoms with Crippen molar-refractivity contribution in [2.24, 2.45) is 5.41 Å². The molecule has 2 aliphatic rings. The lowest BCUT2D eigenvalue weighted by atomic mass is 9.60. The predicted octanol–water partition coefficient (Wildman–Crippen LogP) is 3.77. The quantitative estimate of drug-likeness (QED) is 0.472. The number of nitrogens with zero attached hydrogens (tertiary/aromatic N) is 2. The zero-order chi connectivity index (χ0) is 25.2. The monoisotopic (exact) mass is 553 g/mol. The Morgan fingerprint density at radius 2 is 2.00 bits per heavy atom. The molecule has 37 heavy (non-hydrogen) atoms. The lowest BCUT2D eigenvalue weighted by Crippen LogP contribution is -2.57. The Morgan fingerprint density at radius 3 is 2.65 bits per heavy atom. The number of methoxy groups -OCH3 is 1. The number of ether oxygens (including phenoxy) is 3. The predicted molar refractivity (Wildman–Crippen MR) is 142 cm³/mol. The normalized spacial score (nSPS) is 22.0. The molecule has 0 saturated heterocycles. The minimum Gasteiger partial charge on any atom is -0.481 e. The van der Waals surface area contributed by atoms with Crippen LogP contribution in [0.2, 0.25) is 0 Å². The standard InChI is InChI=1S/C26H31N3O6.2ClH/c1-16-21(24(30)33-4)22(19-8-5-9-20-23(19)35-15-34-20)26(25(31)32,17(2)28-16)10-12-29(3)14-18-7-6-11-27-13-18;;/h5-9,11,13,17,22,28H,10,12,14-15H2,1-4H3,(H,31,32);2*1H. The van der Waals surface area contributed by atoms with Crippen molar-refractivity contribution >= 4 is 36.8 Å². The summed E-state index contributed by atoms with van der Waals surface area (Å²) in [6.45, 7) is 4.75. The Kier molecular flexibility index (Phi) is 10.2. The van der Waals surface area contributed by atoms with Gasteiger partial charge in [-0.1, -0.05) is 18.2 Å². The molecular formula is C26H33Cl2N3O6. The first-order valence-electron chi connectivity index (χ1n) is 11.5. The van der Waals surface area contributed by atoms with Gasteiger partial charge in [-0.25, -0.2) is 4.79 Å². The Balaban J connectivity index is 0.00000241. The molecule has 4 rings (SSSR count). The van der Waals surface area contributed by atoms with E-state index >= 15 is 0 Å². The highest BCUT2D eigenvalue weighted by atomic mass is 35.5. The average Bonchev–Trinajstić information content (AvgIpc) is 3.32. The molecule has 0 saturated carbocycles. The molecule has 0 fully saturated rings. The number of allylic oxidation sites excluding steroid dienone is 1. The number of esters is 1. The Bertz CT molecular complexity index is 1150. The molecule has 1 aromatic heterocycles. The smallest absolute Gasteiger partial charge is 0.336 e. The van der Waals surface area contributed by atoms with Gasteiger partial charge >= 0.3 is 11.9 Å². The third kappa shape index (κ3) is 5.63. The Morgan fingerprint density at radius 1 is 1.24 bits per heavy atom. The molecule has 3 unspecified atom stereocenters. The number of pyridine rings is 1. The van der Waals surface area contributed by atoms with Gasteiger partial charge in [0.2, 0.25) is 6.79 Å². The molecule has 1 aromatic carbocycles. The zero-order valence-electron chi connectivity index (χ0n) is 21.2. The number of carbonyl (C=O) groups excluding carboxylic acids is 1. The number of halogens is 2. The van der Waals surface area contributed by atoms with Crippen molar-refractivity contribution in [3.05, 3.63) is 65.1 Å². The topological polar surface area (TPSA) is 110 Å². The van der Waals surface area contributed by atoms with Crippen molar-refractivity contribution in [1.82, 2.24) is 15.2 Å². The second-order valence-corrected chi connectivity index (χ2v) is 9.10. The van der Waals surface area contributed by atoms with E-state index in [1.807, 2.05) is 32.2 Å². The molecular weight excluding hydrogens is 521 g/mol. The van der Waals surface area contributed by atoms with E-state index in [9.17, 15) is 14.7 Å². The van der Waals surface area contributed by atoms with Gasteiger partial charge < -0.3 is 29.5 Å². The molecule has 3 heterocycles. The van der Waals surface area contributed by atoms with Gasteiger partial charge in [-0.2, -0.15) is 0 Å². The van der Waals surface area contributed by atoms with E-state index in [0.29, 0.717) is 35.8 Å². The molecule has 2 aliphatic heterocycles. The first kappa shape index (κ1) is 30.2. The Labute approximate surface area is 229 Å². The van der Waals surface area contributed by atoms with E-state index in [1.54, 1.807) is 31.5 Å². The number of hydrogen-bond donors (Lipinski definition) is 2. The molecule has 3 atom stereocenters. The van der Waals surface area contributed by atoms with Crippen molar-refractivity contribution in [1.29, 1.82) is 0 Å². The van der Waals surface area contributed by atoms with E-state index in [1.165, 1.54) is 7.11 Å². The van der Waals surface area contributed by atoms with Crippen LogP contribution >= 0.6 is 24.8 Å². The summed E-state index contributed by atoms with van der Waals surface area (Å²) in [5.74, 6) is -1.38. The molecule has 0 amide bonds. The minimum atomic E-state index is -1.37. The number of carbonyl (C=O) groups is 2. The third-order valence-electron chi connectivity index (χ3n) is 7.04. The summed E-state index contributed by atoms with van der Waals surface area (Å²) in [4.78, 5) is 32.5. The summed E-state index contributed by atoms with van der Waals surface area (Å²) in [5.41, 5.74) is 1.14. The molecule has 0 bridgehead atoms. The summed E-state index contributed by atoms with van der Waals surface area (Å²) in [5, 5.41) is 14.0. The fourth-order valence-corrected chi connectivity index (χ4v) is 5.28. The maximum atomic E-state index is 13.2. The van der Waals surface area contributed by atoms with Gasteiger partial charge in [0.05, 0.1) is 12.7 Å². The number of rotatable bonds is 8. The van der Waals surface area contributed by atoms with Gasteiger partial charge in [0, 0.05) is 42.2 Å². The van der Waals surface area contributed by atoms with Gasteiger partial charge in [-0.15, -0.1) is 24.8 Å². The number of nitrogens with one attached hydrogen (secondary N) is 1. The van der Waals surface area contributed by atoms with Crippen LogP contribution in [0.5, 0.6) is 11.5 Å². The van der Waals surface area contributed by atoms with Gasteiger partial charge in [-0.05, 0) is 51.6 Å². The van der Waals surface area contributed by atoms with Crippen LogP contribution in [-0.4, -0.2) is 60.5 Å². The van der Waals surface area contributed by atoms with Gasteiger partial charge in [0.25, 0.3) is 0 Å². The second-order valence-electron chi connectivity index (χ2n) is 9.10. The first-order valence-corrected chi connectivity index (χ1v) is 11.5. The van der Waals surface area contributed by atoms with Crippen molar-refractivity contribution in [3.63, 3.8) is 0 Å². The van der Waals surface area contributed by atoms with Crippen molar-refractivity contribution in [3.8, 4) is 11.5 Å². The van der Waals surface area contributed by atoms with Crippen LogP contribution < -0.4 is 14.8 Å². The fraction of sp³-hybridized carbons (Fsp3) is 0.423. The maximum absolute atomic E-state index is 13.2. The second kappa shape index (κ2) is 12.5. The number of aromatic nitrogens is 1. The molecule has 9 nitrogen and oxygen atoms in total. The highest BCUT2D eigenvalue weighted by Crippen LogP contribution is 2.54. The number of hydrogen-bond acceptors (Lipinski definition) is 8. The van der Waals surface area contributed by atoms with E-state index in [2.05, 4.69) is 15.2 Å². The van der Waals surface area contributed by atoms with E-state index < -0.39 is 29.3 Å². The van der Waals surface area contributed by atoms with E-state index in [0.717, 1.165) is 5.56 Å². The lowest BCUT2D eigenvalue weighted by Gasteiger charge is -2.47. The van der Waals surface area contributed by atoms with Crippen LogP contribution in [0.25, 0.3) is 0 Å². The number of para-hydroxylation sites is 1. The van der Waals surface area contributed by atoms with Crippen LogP contribution in [0, 0.1) is 5.41 Å². The van der Waals surface area contributed by atoms with Crippen LogP contribution in [0.15, 0.2) is 54.0 Å². The molecule has 2 aromatic rings. The summed E-state index contributed by atoms with van der Waals surface area (Å²) < 4.78 is 16.5. The van der Waals surface area contributed by atoms with Gasteiger partial charge in [-0.3, -0.25) is 9.78 Å². The summed E-state index contributed by atoms with van der Waals surface area (Å²) in [6, 6.07) is 8.75.